The minimum atomic E-state index is -0.574. The maximum absolute atomic E-state index is 12.3. The number of carbonyl (C=O) groups is 3. The van der Waals surface area contributed by atoms with Gasteiger partial charge in [-0.2, -0.15) is 0 Å². The Morgan fingerprint density at radius 3 is 2.58 bits per heavy atom. The van der Waals surface area contributed by atoms with E-state index < -0.39 is 18.0 Å². The van der Waals surface area contributed by atoms with Gasteiger partial charge in [0, 0.05) is 45.5 Å². The summed E-state index contributed by atoms with van der Waals surface area (Å²) < 4.78 is 21.9. The standard InChI is InChI=1S/C23H33NO7/c1-14(6-5-9-29-16(3)25)20-18(13-24-7-10-28-11-8-24)12-19-21(15(2)23(27)31-19)22(20)30-17(4)26/h14,19,21-22H,2,5-13H2,1,3-4H3/t14-,19+,21+,22+/m0/s1. The summed E-state index contributed by atoms with van der Waals surface area (Å²) in [6, 6.07) is 0. The van der Waals surface area contributed by atoms with E-state index in [2.05, 4.69) is 18.4 Å². The van der Waals surface area contributed by atoms with Crippen molar-refractivity contribution in [1.29, 1.82) is 0 Å². The second kappa shape index (κ2) is 10.4. The molecule has 0 unspecified atom stereocenters. The highest BCUT2D eigenvalue weighted by Crippen LogP contribution is 2.45. The number of hydrogen-bond acceptors (Lipinski definition) is 8. The van der Waals surface area contributed by atoms with Gasteiger partial charge in [-0.1, -0.05) is 13.5 Å². The molecule has 3 rings (SSSR count). The second-order valence-electron chi connectivity index (χ2n) is 8.56. The highest BCUT2D eigenvalue weighted by molar-refractivity contribution is 5.91. The quantitative estimate of drug-likeness (QED) is 0.188. The molecule has 0 spiro atoms. The zero-order valence-corrected chi connectivity index (χ0v) is 18.7. The normalized spacial score (nSPS) is 27.5. The molecule has 8 nitrogen and oxygen atoms in total. The number of nitrogens with zero attached hydrogens (tertiary/aromatic N) is 1. The van der Waals surface area contributed by atoms with Gasteiger partial charge >= 0.3 is 17.9 Å². The number of hydrogen-bond donors (Lipinski definition) is 0. The Kier molecular flexibility index (Phi) is 7.89. The second-order valence-corrected chi connectivity index (χ2v) is 8.56. The van der Waals surface area contributed by atoms with Crippen molar-refractivity contribution in [2.75, 3.05) is 39.5 Å². The summed E-state index contributed by atoms with van der Waals surface area (Å²) >= 11 is 0. The summed E-state index contributed by atoms with van der Waals surface area (Å²) in [5, 5.41) is 0. The van der Waals surface area contributed by atoms with Gasteiger partial charge in [0.25, 0.3) is 0 Å². The van der Waals surface area contributed by atoms with Gasteiger partial charge in [-0.25, -0.2) is 4.79 Å². The lowest BCUT2D eigenvalue weighted by Crippen LogP contribution is -2.44. The first-order valence-corrected chi connectivity index (χ1v) is 11.0. The van der Waals surface area contributed by atoms with Crippen LogP contribution in [0.5, 0.6) is 0 Å². The van der Waals surface area contributed by atoms with Crippen LogP contribution in [0, 0.1) is 11.8 Å². The minimum Gasteiger partial charge on any atom is -0.466 e. The summed E-state index contributed by atoms with van der Waals surface area (Å²) in [7, 11) is 0. The third-order valence-electron chi connectivity index (χ3n) is 6.24. The lowest BCUT2D eigenvalue weighted by molar-refractivity contribution is -0.149. The monoisotopic (exact) mass is 435 g/mol. The van der Waals surface area contributed by atoms with Crippen LogP contribution in [0.3, 0.4) is 0 Å². The minimum absolute atomic E-state index is 0.0837. The molecule has 0 radical (unpaired) electrons. The van der Waals surface area contributed by atoms with E-state index in [0.717, 1.165) is 37.2 Å². The SMILES string of the molecule is C=C1C(=O)O[C@@H]2CC(CN3CCOCC3)=C([C@@H](C)CCCOC(C)=O)[C@@H](OC(C)=O)[C@H]12. The molecular formula is C23H33NO7. The van der Waals surface area contributed by atoms with Crippen molar-refractivity contribution >= 4 is 17.9 Å². The molecule has 0 amide bonds. The van der Waals surface area contributed by atoms with Gasteiger partial charge in [-0.05, 0) is 29.9 Å². The van der Waals surface area contributed by atoms with E-state index in [9.17, 15) is 14.4 Å². The molecule has 172 valence electrons. The molecule has 4 atom stereocenters. The molecule has 1 aliphatic carbocycles. The van der Waals surface area contributed by atoms with Crippen LogP contribution < -0.4 is 0 Å². The van der Waals surface area contributed by atoms with Crippen molar-refractivity contribution in [2.45, 2.75) is 52.2 Å². The van der Waals surface area contributed by atoms with Gasteiger partial charge in [0.2, 0.25) is 0 Å². The van der Waals surface area contributed by atoms with Crippen molar-refractivity contribution in [3.05, 3.63) is 23.3 Å². The fraction of sp³-hybridized carbons (Fsp3) is 0.696. The lowest BCUT2D eigenvalue weighted by atomic mass is 9.72. The fourth-order valence-electron chi connectivity index (χ4n) is 4.84. The molecule has 0 aromatic heterocycles. The summed E-state index contributed by atoms with van der Waals surface area (Å²) in [6.45, 7) is 12.9. The molecule has 0 aromatic rings. The van der Waals surface area contributed by atoms with Gasteiger partial charge in [-0.3, -0.25) is 14.5 Å². The molecule has 31 heavy (non-hydrogen) atoms. The van der Waals surface area contributed by atoms with Crippen molar-refractivity contribution in [2.24, 2.45) is 11.8 Å². The molecule has 8 heteroatoms. The Morgan fingerprint density at radius 1 is 1.23 bits per heavy atom. The first-order chi connectivity index (χ1) is 14.8. The van der Waals surface area contributed by atoms with E-state index in [0.29, 0.717) is 38.2 Å². The molecule has 0 aromatic carbocycles. The molecule has 2 heterocycles. The van der Waals surface area contributed by atoms with Crippen LogP contribution in [0.2, 0.25) is 0 Å². The number of ether oxygens (including phenoxy) is 4. The van der Waals surface area contributed by atoms with Gasteiger partial charge in [-0.15, -0.1) is 0 Å². The first-order valence-electron chi connectivity index (χ1n) is 11.0. The molecule has 0 saturated carbocycles. The summed E-state index contributed by atoms with van der Waals surface area (Å²) in [6.07, 6.45) is 1.14. The van der Waals surface area contributed by atoms with Crippen molar-refractivity contribution < 1.29 is 33.3 Å². The number of morpholine rings is 1. The topological polar surface area (TPSA) is 91.4 Å². The maximum atomic E-state index is 12.3. The predicted molar refractivity (Wildman–Crippen MR) is 112 cm³/mol. The molecule has 3 aliphatic rings. The Morgan fingerprint density at radius 2 is 1.94 bits per heavy atom. The van der Waals surface area contributed by atoms with Crippen molar-refractivity contribution in [3.63, 3.8) is 0 Å². The van der Waals surface area contributed by atoms with E-state index in [4.69, 9.17) is 18.9 Å². The number of rotatable bonds is 8. The molecule has 2 fully saturated rings. The molecule has 0 bridgehead atoms. The van der Waals surface area contributed by atoms with Crippen LogP contribution in [0.1, 0.15) is 40.0 Å². The Balaban J connectivity index is 1.89. The van der Waals surface area contributed by atoms with Crippen LogP contribution >= 0.6 is 0 Å². The molecule has 2 saturated heterocycles. The van der Waals surface area contributed by atoms with E-state index in [1.54, 1.807) is 0 Å². The largest absolute Gasteiger partial charge is 0.466 e. The predicted octanol–water partition coefficient (Wildman–Crippen LogP) is 2.03. The van der Waals surface area contributed by atoms with Gasteiger partial charge < -0.3 is 18.9 Å². The average molecular weight is 436 g/mol. The third kappa shape index (κ3) is 5.74. The van der Waals surface area contributed by atoms with E-state index in [-0.39, 0.29) is 23.9 Å². The van der Waals surface area contributed by atoms with Gasteiger partial charge in [0.15, 0.2) is 0 Å². The van der Waals surface area contributed by atoms with Crippen LogP contribution in [-0.2, 0) is 33.3 Å². The van der Waals surface area contributed by atoms with Gasteiger partial charge in [0.05, 0.1) is 25.7 Å². The van der Waals surface area contributed by atoms with E-state index >= 15 is 0 Å². The van der Waals surface area contributed by atoms with E-state index in [1.807, 2.05) is 0 Å². The Hall–Kier alpha value is -2.19. The fourth-order valence-corrected chi connectivity index (χ4v) is 4.84. The van der Waals surface area contributed by atoms with Crippen LogP contribution in [0.4, 0.5) is 0 Å². The van der Waals surface area contributed by atoms with E-state index in [1.165, 1.54) is 13.8 Å². The lowest BCUT2D eigenvalue weighted by Gasteiger charge is -2.40. The van der Waals surface area contributed by atoms with Gasteiger partial charge in [0.1, 0.15) is 12.2 Å². The van der Waals surface area contributed by atoms with Crippen LogP contribution in [-0.4, -0.2) is 74.5 Å². The Labute approximate surface area is 183 Å². The number of fused-ring (bicyclic) bond motifs is 1. The third-order valence-corrected chi connectivity index (χ3v) is 6.24. The molecular weight excluding hydrogens is 402 g/mol. The summed E-state index contributed by atoms with van der Waals surface area (Å²) in [5.74, 6) is -1.39. The highest BCUT2D eigenvalue weighted by Gasteiger charge is 2.50. The smallest absolute Gasteiger partial charge is 0.334 e. The number of carbonyl (C=O) groups excluding carboxylic acids is 3. The highest BCUT2D eigenvalue weighted by atomic mass is 16.6. The first kappa shape index (κ1) is 23.5. The molecule has 2 aliphatic heterocycles. The van der Waals surface area contributed by atoms with Crippen molar-refractivity contribution in [3.8, 4) is 0 Å². The summed E-state index contributed by atoms with van der Waals surface area (Å²) in [5.41, 5.74) is 2.56. The van der Waals surface area contributed by atoms with Crippen LogP contribution in [0.15, 0.2) is 23.3 Å². The van der Waals surface area contributed by atoms with Crippen molar-refractivity contribution in [1.82, 2.24) is 4.90 Å². The average Bonchev–Trinajstić information content (AvgIpc) is 2.99. The zero-order valence-electron chi connectivity index (χ0n) is 18.7. The summed E-state index contributed by atoms with van der Waals surface area (Å²) in [4.78, 5) is 37.7. The number of esters is 3. The molecule has 0 N–H and O–H groups in total. The zero-order chi connectivity index (χ0) is 22.5. The van der Waals surface area contributed by atoms with Crippen LogP contribution in [0.25, 0.3) is 0 Å². The maximum Gasteiger partial charge on any atom is 0.334 e. The Bertz CT molecular complexity index is 753.